The summed E-state index contributed by atoms with van der Waals surface area (Å²) in [6.45, 7) is 0. The maximum absolute atomic E-state index is 11.1. The molecule has 0 aromatic carbocycles. The first kappa shape index (κ1) is 9.48. The van der Waals surface area contributed by atoms with Crippen LogP contribution in [0.3, 0.4) is 0 Å². The first-order valence-electron chi connectivity index (χ1n) is 3.58. The Hall–Kier alpha value is -0.610. The van der Waals surface area contributed by atoms with Crippen LogP contribution in [-0.4, -0.2) is 16.2 Å². The average molecular weight is 205 g/mol. The second-order valence-corrected chi connectivity index (χ2v) is 3.29. The number of aromatic nitrogens is 1. The molecule has 1 heterocycles. The third kappa shape index (κ3) is 3.19. The predicted molar refractivity (Wildman–Crippen MR) is 50.7 cm³/mol. The van der Waals surface area contributed by atoms with Gasteiger partial charge in [-0.15, -0.1) is 11.6 Å². The largest absolute Gasteiger partial charge is 0.324 e. The maximum Gasteiger partial charge on any atom is 0.224 e. The molecule has 0 saturated carbocycles. The number of anilines is 1. The van der Waals surface area contributed by atoms with Crippen LogP contribution in [0.25, 0.3) is 0 Å². The molecular weight excluding hydrogens is 196 g/mol. The zero-order valence-corrected chi connectivity index (χ0v) is 7.99. The van der Waals surface area contributed by atoms with E-state index in [1.165, 1.54) is 11.5 Å². The Bertz CT molecular complexity index is 238. The molecule has 0 aliphatic heterocycles. The number of halogens is 1. The van der Waals surface area contributed by atoms with Crippen LogP contribution in [0, 0.1) is 0 Å². The first-order chi connectivity index (χ1) is 5.83. The van der Waals surface area contributed by atoms with Gasteiger partial charge in [-0.05, 0) is 18.0 Å². The SMILES string of the molecule is O=C(CCCCl)Nc1cnsc1. The van der Waals surface area contributed by atoms with E-state index in [1.54, 1.807) is 11.6 Å². The van der Waals surface area contributed by atoms with Crippen molar-refractivity contribution >= 4 is 34.7 Å². The van der Waals surface area contributed by atoms with E-state index in [-0.39, 0.29) is 5.91 Å². The lowest BCUT2D eigenvalue weighted by Crippen LogP contribution is -2.10. The first-order valence-corrected chi connectivity index (χ1v) is 4.95. The van der Waals surface area contributed by atoms with Crippen molar-refractivity contribution < 1.29 is 4.79 Å². The number of hydrogen-bond acceptors (Lipinski definition) is 3. The summed E-state index contributed by atoms with van der Waals surface area (Å²) in [4.78, 5) is 11.1. The van der Waals surface area contributed by atoms with Gasteiger partial charge in [0.25, 0.3) is 0 Å². The molecule has 1 aromatic heterocycles. The Kier molecular flexibility index (Phi) is 4.04. The van der Waals surface area contributed by atoms with Crippen LogP contribution in [0.2, 0.25) is 0 Å². The minimum Gasteiger partial charge on any atom is -0.324 e. The van der Waals surface area contributed by atoms with Gasteiger partial charge >= 0.3 is 0 Å². The van der Waals surface area contributed by atoms with Crippen molar-refractivity contribution in [2.45, 2.75) is 12.8 Å². The van der Waals surface area contributed by atoms with E-state index in [1.807, 2.05) is 0 Å². The minimum atomic E-state index is -0.00384. The second-order valence-electron chi connectivity index (χ2n) is 2.25. The fourth-order valence-corrected chi connectivity index (χ4v) is 1.32. The summed E-state index contributed by atoms with van der Waals surface area (Å²) in [5.74, 6) is 0.519. The van der Waals surface area contributed by atoms with Gasteiger partial charge < -0.3 is 5.32 Å². The molecule has 0 aliphatic carbocycles. The van der Waals surface area contributed by atoms with Crippen molar-refractivity contribution in [3.63, 3.8) is 0 Å². The molecule has 0 aliphatic rings. The van der Waals surface area contributed by atoms with Crippen molar-refractivity contribution in [3.8, 4) is 0 Å². The van der Waals surface area contributed by atoms with Gasteiger partial charge in [-0.2, -0.15) is 4.37 Å². The normalized spacial score (nSPS) is 9.75. The molecule has 0 unspecified atom stereocenters. The van der Waals surface area contributed by atoms with Gasteiger partial charge in [0.05, 0.1) is 11.9 Å². The highest BCUT2D eigenvalue weighted by Gasteiger charge is 2.01. The second kappa shape index (κ2) is 5.11. The van der Waals surface area contributed by atoms with Crippen molar-refractivity contribution in [1.29, 1.82) is 0 Å². The molecule has 0 bridgehead atoms. The van der Waals surface area contributed by atoms with Gasteiger partial charge in [0, 0.05) is 17.7 Å². The Labute approximate surface area is 79.9 Å². The summed E-state index contributed by atoms with van der Waals surface area (Å²) < 4.78 is 3.86. The molecule has 0 saturated heterocycles. The molecule has 1 amide bonds. The fourth-order valence-electron chi connectivity index (χ4n) is 0.717. The van der Waals surface area contributed by atoms with Crippen molar-refractivity contribution in [2.24, 2.45) is 0 Å². The lowest BCUT2D eigenvalue weighted by molar-refractivity contribution is -0.116. The van der Waals surface area contributed by atoms with Crippen molar-refractivity contribution in [3.05, 3.63) is 11.6 Å². The fraction of sp³-hybridized carbons (Fsp3) is 0.429. The summed E-state index contributed by atoms with van der Waals surface area (Å²) in [7, 11) is 0. The molecule has 3 nitrogen and oxygen atoms in total. The highest BCUT2D eigenvalue weighted by Crippen LogP contribution is 2.08. The maximum atomic E-state index is 11.1. The van der Waals surface area contributed by atoms with Gasteiger partial charge in [0.1, 0.15) is 0 Å². The molecule has 0 spiro atoms. The van der Waals surface area contributed by atoms with Crippen LogP contribution in [0.1, 0.15) is 12.8 Å². The Morgan fingerprint density at radius 1 is 1.75 bits per heavy atom. The summed E-state index contributed by atoms with van der Waals surface area (Å²) in [6, 6.07) is 0. The summed E-state index contributed by atoms with van der Waals surface area (Å²) in [5, 5.41) is 4.50. The molecule has 0 radical (unpaired) electrons. The number of alkyl halides is 1. The summed E-state index contributed by atoms with van der Waals surface area (Å²) >= 11 is 6.75. The van der Waals surface area contributed by atoms with E-state index >= 15 is 0 Å². The summed E-state index contributed by atoms with van der Waals surface area (Å²) in [6.07, 6.45) is 2.81. The molecular formula is C7H9ClN2OS. The Morgan fingerprint density at radius 2 is 2.58 bits per heavy atom. The average Bonchev–Trinajstić information content (AvgIpc) is 2.53. The van der Waals surface area contributed by atoms with E-state index in [0.717, 1.165) is 5.69 Å². The Balaban J connectivity index is 2.27. The molecule has 1 aromatic rings. The minimum absolute atomic E-state index is 0.00384. The van der Waals surface area contributed by atoms with Crippen LogP contribution in [0.4, 0.5) is 5.69 Å². The van der Waals surface area contributed by atoms with E-state index in [0.29, 0.717) is 18.7 Å². The zero-order chi connectivity index (χ0) is 8.81. The highest BCUT2D eigenvalue weighted by molar-refractivity contribution is 7.04. The number of carbonyl (C=O) groups excluding carboxylic acids is 1. The molecule has 12 heavy (non-hydrogen) atoms. The van der Waals surface area contributed by atoms with Gasteiger partial charge in [0.2, 0.25) is 5.91 Å². The lowest BCUT2D eigenvalue weighted by atomic mass is 10.3. The highest BCUT2D eigenvalue weighted by atomic mass is 35.5. The molecule has 5 heteroatoms. The Morgan fingerprint density at radius 3 is 3.17 bits per heavy atom. The smallest absolute Gasteiger partial charge is 0.224 e. The van der Waals surface area contributed by atoms with Crippen LogP contribution in [0.15, 0.2) is 11.6 Å². The molecule has 0 atom stereocenters. The van der Waals surface area contributed by atoms with Gasteiger partial charge in [-0.25, -0.2) is 0 Å². The third-order valence-electron chi connectivity index (χ3n) is 1.25. The van der Waals surface area contributed by atoms with E-state index in [9.17, 15) is 4.79 Å². The van der Waals surface area contributed by atoms with Crippen molar-refractivity contribution in [1.82, 2.24) is 4.37 Å². The molecule has 66 valence electrons. The number of nitrogens with zero attached hydrogens (tertiary/aromatic N) is 1. The van der Waals surface area contributed by atoms with Crippen LogP contribution < -0.4 is 5.32 Å². The van der Waals surface area contributed by atoms with Crippen LogP contribution >= 0.6 is 23.1 Å². The van der Waals surface area contributed by atoms with E-state index < -0.39 is 0 Å². The topological polar surface area (TPSA) is 42.0 Å². The third-order valence-corrected chi connectivity index (χ3v) is 2.11. The number of amides is 1. The zero-order valence-electron chi connectivity index (χ0n) is 6.42. The quantitative estimate of drug-likeness (QED) is 0.764. The molecule has 0 fully saturated rings. The van der Waals surface area contributed by atoms with Crippen LogP contribution in [0.5, 0.6) is 0 Å². The number of rotatable bonds is 4. The number of hydrogen-bond donors (Lipinski definition) is 1. The molecule has 1 N–H and O–H groups in total. The predicted octanol–water partition coefficient (Wildman–Crippen LogP) is 2.10. The summed E-state index contributed by atoms with van der Waals surface area (Å²) in [5.41, 5.74) is 0.763. The monoisotopic (exact) mass is 204 g/mol. The van der Waals surface area contributed by atoms with E-state index in [2.05, 4.69) is 9.69 Å². The van der Waals surface area contributed by atoms with Gasteiger partial charge in [0.15, 0.2) is 0 Å². The lowest BCUT2D eigenvalue weighted by Gasteiger charge is -1.99. The number of carbonyl (C=O) groups is 1. The number of nitrogens with one attached hydrogen (secondary N) is 1. The molecule has 1 rings (SSSR count). The van der Waals surface area contributed by atoms with E-state index in [4.69, 9.17) is 11.6 Å². The van der Waals surface area contributed by atoms with Crippen LogP contribution in [-0.2, 0) is 4.79 Å². The van der Waals surface area contributed by atoms with Gasteiger partial charge in [-0.3, -0.25) is 4.79 Å². The standard InChI is InChI=1S/C7H9ClN2OS/c8-3-1-2-7(11)10-6-4-9-12-5-6/h4-5H,1-3H2,(H,10,11). The van der Waals surface area contributed by atoms with Crippen molar-refractivity contribution in [2.75, 3.05) is 11.2 Å². The van der Waals surface area contributed by atoms with Gasteiger partial charge in [-0.1, -0.05) is 0 Å².